The van der Waals surface area contributed by atoms with Crippen LogP contribution in [-0.2, 0) is 16.0 Å². The number of hydrogen-bond acceptors (Lipinski definition) is 4. The zero-order chi connectivity index (χ0) is 24.9. The van der Waals surface area contributed by atoms with Crippen LogP contribution in [0, 0.1) is 6.92 Å². The average molecular weight is 443 g/mol. The van der Waals surface area contributed by atoms with Crippen molar-refractivity contribution in [1.29, 1.82) is 0 Å². The van der Waals surface area contributed by atoms with Crippen LogP contribution < -0.4 is 0 Å². The van der Waals surface area contributed by atoms with Crippen LogP contribution in [0.5, 0.6) is 5.75 Å². The van der Waals surface area contributed by atoms with E-state index >= 15 is 0 Å². The van der Waals surface area contributed by atoms with Crippen molar-refractivity contribution in [3.05, 3.63) is 66.1 Å². The number of rotatable bonds is 4. The molecule has 0 aliphatic carbocycles. The Morgan fingerprint density at radius 1 is 0.969 bits per heavy atom. The van der Waals surface area contributed by atoms with Crippen molar-refractivity contribution in [2.24, 2.45) is 0 Å². The molecule has 2 heterocycles. The molecule has 0 aliphatic heterocycles. The Morgan fingerprint density at radius 2 is 1.53 bits per heavy atom. The molecule has 0 amide bonds. The Bertz CT molecular complexity index is 848. The van der Waals surface area contributed by atoms with Gasteiger partial charge in [-0.3, -0.25) is 0 Å². The summed E-state index contributed by atoms with van der Waals surface area (Å²) in [5.41, 5.74) is 3.09. The van der Waals surface area contributed by atoms with Crippen molar-refractivity contribution in [3.63, 3.8) is 0 Å². The van der Waals surface area contributed by atoms with Gasteiger partial charge in [-0.2, -0.15) is 0 Å². The van der Waals surface area contributed by atoms with Gasteiger partial charge in [0.2, 0.25) is 0 Å². The number of unbranched alkanes of at least 4 members (excludes halogenated alkanes) is 1. The molecule has 0 fully saturated rings. The fraction of sp³-hybridized carbons (Fsp3) is 0.444. The van der Waals surface area contributed by atoms with Gasteiger partial charge in [0.15, 0.2) is 0 Å². The number of Topliss-reactive ketones (excluding diaryl/α,β-unsaturated/α-hetero) is 2. The molecule has 0 bridgehead atoms. The molecule has 0 radical (unpaired) electrons. The highest BCUT2D eigenvalue weighted by Crippen LogP contribution is 2.14. The van der Waals surface area contributed by atoms with Gasteiger partial charge in [0.25, 0.3) is 0 Å². The summed E-state index contributed by atoms with van der Waals surface area (Å²) in [6.07, 6.45) is 7.84. The van der Waals surface area contributed by atoms with Crippen LogP contribution in [0.25, 0.3) is 5.65 Å². The summed E-state index contributed by atoms with van der Waals surface area (Å²) < 4.78 is 2.01. The van der Waals surface area contributed by atoms with Gasteiger partial charge in [0.05, 0.1) is 5.69 Å². The van der Waals surface area contributed by atoms with E-state index in [9.17, 15) is 9.59 Å². The van der Waals surface area contributed by atoms with Crippen LogP contribution >= 0.6 is 0 Å². The Kier molecular flexibility index (Phi) is 19.5. The topological polar surface area (TPSA) is 71.7 Å². The highest BCUT2D eigenvalue weighted by atomic mass is 16.3. The van der Waals surface area contributed by atoms with Gasteiger partial charge >= 0.3 is 0 Å². The van der Waals surface area contributed by atoms with E-state index in [2.05, 4.69) is 11.9 Å². The van der Waals surface area contributed by atoms with E-state index in [4.69, 9.17) is 5.11 Å². The maximum atomic E-state index is 10.2. The highest BCUT2D eigenvalue weighted by molar-refractivity contribution is 5.75. The van der Waals surface area contributed by atoms with Crippen LogP contribution in [0.1, 0.15) is 79.0 Å². The van der Waals surface area contributed by atoms with Crippen molar-refractivity contribution in [2.75, 3.05) is 0 Å². The molecule has 0 aliphatic rings. The number of benzene rings is 1. The van der Waals surface area contributed by atoms with Gasteiger partial charge in [-0.1, -0.05) is 58.4 Å². The van der Waals surface area contributed by atoms with Gasteiger partial charge in [-0.25, -0.2) is 4.98 Å². The second kappa shape index (κ2) is 20.0. The summed E-state index contributed by atoms with van der Waals surface area (Å²) in [5.74, 6) is 0.877. The molecule has 2 aromatic heterocycles. The number of pyridine rings is 1. The molecule has 3 rings (SSSR count). The molecular weight excluding hydrogens is 400 g/mol. The predicted octanol–water partition coefficient (Wildman–Crippen LogP) is 6.98. The standard InChI is InChI=1S/C8H8N2.C8H10O.C6H12O.C3H6O.C2H6/c1-7-6-10-5-3-2-4-8(10)9-7;1-2-7-5-3-4-6-8(7)9;1-3-4-5-6(2)7;1-3(2)4;1-2/h2-6H,1H3;3-6,9H,2H2,1H3;3-5H2,1-2H3;1-2H3;1-2H3. The lowest BCUT2D eigenvalue weighted by molar-refractivity contribution is -0.117. The minimum Gasteiger partial charge on any atom is -0.508 e. The molecule has 178 valence electrons. The monoisotopic (exact) mass is 442 g/mol. The normalized spacial score (nSPS) is 8.88. The Balaban J connectivity index is 0. The van der Waals surface area contributed by atoms with Crippen LogP contribution in [0.15, 0.2) is 54.9 Å². The number of phenols is 1. The quantitative estimate of drug-likeness (QED) is 0.473. The SMILES string of the molecule is CC.CC(C)=O.CCCCC(C)=O.CCc1ccccc1O.Cc1cn2ccccc2n1. The summed E-state index contributed by atoms with van der Waals surface area (Å²) in [6.45, 7) is 14.8. The largest absolute Gasteiger partial charge is 0.508 e. The average Bonchev–Trinajstić information content (AvgIpc) is 3.14. The zero-order valence-corrected chi connectivity index (χ0v) is 21.2. The maximum absolute atomic E-state index is 10.2. The first-order valence-electron chi connectivity index (χ1n) is 11.3. The number of carbonyl (C=O) groups excluding carboxylic acids is 2. The number of fused-ring (bicyclic) bond motifs is 1. The molecule has 1 aromatic carbocycles. The zero-order valence-electron chi connectivity index (χ0n) is 21.2. The number of aromatic hydroxyl groups is 1. The third kappa shape index (κ3) is 16.8. The third-order valence-corrected chi connectivity index (χ3v) is 3.74. The molecule has 3 aromatic rings. The summed E-state index contributed by atoms with van der Waals surface area (Å²) in [6, 6.07) is 13.4. The number of nitrogens with zero attached hydrogens (tertiary/aromatic N) is 2. The van der Waals surface area contributed by atoms with Crippen molar-refractivity contribution in [3.8, 4) is 5.75 Å². The number of ketones is 2. The summed E-state index contributed by atoms with van der Waals surface area (Å²) in [5, 5.41) is 9.11. The number of aryl methyl sites for hydroxylation is 2. The van der Waals surface area contributed by atoms with Crippen LogP contribution in [0.3, 0.4) is 0 Å². The smallest absolute Gasteiger partial charge is 0.136 e. The minimum absolute atomic E-state index is 0.167. The lowest BCUT2D eigenvalue weighted by Gasteiger charge is -1.97. The third-order valence-electron chi connectivity index (χ3n) is 3.74. The van der Waals surface area contributed by atoms with E-state index in [1.807, 2.05) is 80.9 Å². The number of imidazole rings is 1. The Labute approximate surface area is 194 Å². The molecule has 0 saturated heterocycles. The second-order valence-corrected chi connectivity index (χ2v) is 7.04. The first-order valence-corrected chi connectivity index (χ1v) is 11.3. The van der Waals surface area contributed by atoms with Gasteiger partial charge in [0, 0.05) is 18.8 Å². The van der Waals surface area contributed by atoms with Crippen molar-refractivity contribution in [1.82, 2.24) is 9.38 Å². The summed E-state index contributed by atoms with van der Waals surface area (Å²) in [4.78, 5) is 23.9. The van der Waals surface area contributed by atoms with E-state index in [-0.39, 0.29) is 5.78 Å². The lowest BCUT2D eigenvalue weighted by atomic mass is 10.1. The van der Waals surface area contributed by atoms with Gasteiger partial charge in [0.1, 0.15) is 23.0 Å². The highest BCUT2D eigenvalue weighted by Gasteiger charge is 1.93. The number of para-hydroxylation sites is 1. The summed E-state index contributed by atoms with van der Waals surface area (Å²) in [7, 11) is 0. The van der Waals surface area contributed by atoms with Crippen molar-refractivity contribution >= 4 is 17.2 Å². The van der Waals surface area contributed by atoms with E-state index in [0.29, 0.717) is 11.5 Å². The molecule has 0 unspecified atom stereocenters. The van der Waals surface area contributed by atoms with E-state index in [0.717, 1.165) is 42.6 Å². The fourth-order valence-corrected chi connectivity index (χ4v) is 2.30. The van der Waals surface area contributed by atoms with Crippen LogP contribution in [0.2, 0.25) is 0 Å². The molecule has 0 atom stereocenters. The molecule has 5 heteroatoms. The number of carbonyl (C=O) groups is 2. The second-order valence-electron chi connectivity index (χ2n) is 7.04. The number of hydrogen-bond donors (Lipinski definition) is 1. The van der Waals surface area contributed by atoms with Crippen LogP contribution in [0.4, 0.5) is 0 Å². The van der Waals surface area contributed by atoms with Crippen molar-refractivity contribution < 1.29 is 14.7 Å². The molecule has 0 saturated carbocycles. The molecular formula is C27H42N2O3. The van der Waals surface area contributed by atoms with E-state index in [1.165, 1.54) is 13.8 Å². The van der Waals surface area contributed by atoms with E-state index in [1.54, 1.807) is 13.0 Å². The van der Waals surface area contributed by atoms with Crippen molar-refractivity contribution in [2.45, 2.75) is 81.1 Å². The first-order chi connectivity index (χ1) is 15.2. The molecule has 5 nitrogen and oxygen atoms in total. The Morgan fingerprint density at radius 3 is 1.94 bits per heavy atom. The molecule has 1 N–H and O–H groups in total. The number of phenolic OH excluding ortho intramolecular Hbond substituents is 1. The van der Waals surface area contributed by atoms with E-state index < -0.39 is 0 Å². The number of aromatic nitrogens is 2. The van der Waals surface area contributed by atoms with Crippen LogP contribution in [-0.4, -0.2) is 26.1 Å². The predicted molar refractivity (Wildman–Crippen MR) is 135 cm³/mol. The maximum Gasteiger partial charge on any atom is 0.136 e. The summed E-state index contributed by atoms with van der Waals surface area (Å²) >= 11 is 0. The van der Waals surface area contributed by atoms with Gasteiger partial charge in [-0.15, -0.1) is 0 Å². The fourth-order valence-electron chi connectivity index (χ4n) is 2.30. The Hall–Kier alpha value is -2.95. The molecule has 32 heavy (non-hydrogen) atoms. The minimum atomic E-state index is 0.167. The first kappa shape index (κ1) is 31.2. The van der Waals surface area contributed by atoms with Gasteiger partial charge < -0.3 is 19.1 Å². The van der Waals surface area contributed by atoms with Gasteiger partial charge in [-0.05, 0) is 64.3 Å². The lowest BCUT2D eigenvalue weighted by Crippen LogP contribution is -1.86. The molecule has 0 spiro atoms.